The highest BCUT2D eigenvalue weighted by atomic mass is 35.5. The second kappa shape index (κ2) is 14.4. The van der Waals surface area contributed by atoms with Crippen LogP contribution in [0.2, 0.25) is 10.0 Å². The Hall–Kier alpha value is -2.02. The number of unbranched alkanes of at least 4 members (excludes halogenated alkanes) is 4. The number of carbonyl (C=O) groups excluding carboxylic acids is 1. The van der Waals surface area contributed by atoms with E-state index in [4.69, 9.17) is 23.2 Å². The maximum absolute atomic E-state index is 12.0. The van der Waals surface area contributed by atoms with Gasteiger partial charge in [-0.2, -0.15) is 0 Å². The Morgan fingerprint density at radius 1 is 0.971 bits per heavy atom. The molecule has 5 nitrogen and oxygen atoms in total. The van der Waals surface area contributed by atoms with Gasteiger partial charge in [-0.15, -0.1) is 10.2 Å². The van der Waals surface area contributed by atoms with Crippen LogP contribution < -0.4 is 5.32 Å². The molecule has 0 atom stereocenters. The van der Waals surface area contributed by atoms with Crippen molar-refractivity contribution in [3.8, 4) is 5.69 Å². The molecule has 0 spiro atoms. The standard InChI is InChI=1S/C26H32Cl2N4OS/c1-2-3-4-9-16-29-25(33)13-8-10-17-34-26-31-30-24(18-20-11-6-5-7-12-20)32(26)21-14-15-22(27)23(28)19-21/h5-7,11-12,14-15,19H,2-4,8-10,13,16-18H2,1H3,(H,29,33). The average molecular weight is 520 g/mol. The van der Waals surface area contributed by atoms with Crippen LogP contribution in [0.1, 0.15) is 63.3 Å². The predicted octanol–water partition coefficient (Wildman–Crippen LogP) is 7.12. The van der Waals surface area contributed by atoms with Gasteiger partial charge >= 0.3 is 0 Å². The van der Waals surface area contributed by atoms with Crippen LogP contribution in [0.25, 0.3) is 5.69 Å². The third-order valence-corrected chi connectivity index (χ3v) is 7.20. The molecule has 0 fully saturated rings. The van der Waals surface area contributed by atoms with Crippen LogP contribution in [-0.4, -0.2) is 33.0 Å². The average Bonchev–Trinajstić information content (AvgIpc) is 3.23. The molecule has 3 rings (SSSR count). The van der Waals surface area contributed by atoms with E-state index in [1.54, 1.807) is 17.8 Å². The number of amides is 1. The van der Waals surface area contributed by atoms with Crippen molar-refractivity contribution in [2.75, 3.05) is 12.3 Å². The molecule has 0 aliphatic heterocycles. The summed E-state index contributed by atoms with van der Waals surface area (Å²) in [6, 6.07) is 15.8. The third-order valence-electron chi connectivity index (χ3n) is 5.45. The van der Waals surface area contributed by atoms with Gasteiger partial charge < -0.3 is 5.32 Å². The summed E-state index contributed by atoms with van der Waals surface area (Å²) < 4.78 is 2.04. The van der Waals surface area contributed by atoms with Gasteiger partial charge in [-0.25, -0.2) is 0 Å². The molecule has 1 heterocycles. The summed E-state index contributed by atoms with van der Waals surface area (Å²) in [5.41, 5.74) is 2.05. The lowest BCUT2D eigenvalue weighted by Crippen LogP contribution is -2.24. The Kier molecular flexibility index (Phi) is 11.3. The third kappa shape index (κ3) is 8.33. The van der Waals surface area contributed by atoms with Crippen LogP contribution in [0.3, 0.4) is 0 Å². The molecular formula is C26H32Cl2N4OS. The summed E-state index contributed by atoms with van der Waals surface area (Å²) in [7, 11) is 0. The normalized spacial score (nSPS) is 11.0. The number of thioether (sulfide) groups is 1. The molecule has 0 unspecified atom stereocenters. The Labute approximate surface area is 216 Å². The smallest absolute Gasteiger partial charge is 0.219 e. The Morgan fingerprint density at radius 2 is 1.79 bits per heavy atom. The maximum atomic E-state index is 12.0. The number of rotatable bonds is 14. The summed E-state index contributed by atoms with van der Waals surface area (Å²) in [6.45, 7) is 2.97. The largest absolute Gasteiger partial charge is 0.356 e. The first-order valence-corrected chi connectivity index (χ1v) is 13.7. The zero-order chi connectivity index (χ0) is 24.2. The van der Waals surface area contributed by atoms with Gasteiger partial charge in [-0.1, -0.05) is 91.5 Å². The molecule has 34 heavy (non-hydrogen) atoms. The zero-order valence-electron chi connectivity index (χ0n) is 19.6. The zero-order valence-corrected chi connectivity index (χ0v) is 21.9. The quantitative estimate of drug-likeness (QED) is 0.182. The lowest BCUT2D eigenvalue weighted by atomic mass is 10.1. The lowest BCUT2D eigenvalue weighted by Gasteiger charge is -2.11. The van der Waals surface area contributed by atoms with Crippen LogP contribution >= 0.6 is 35.0 Å². The molecule has 1 N–H and O–H groups in total. The molecule has 0 aliphatic rings. The first-order chi connectivity index (χ1) is 16.6. The predicted molar refractivity (Wildman–Crippen MR) is 142 cm³/mol. The van der Waals surface area contributed by atoms with E-state index < -0.39 is 0 Å². The summed E-state index contributed by atoms with van der Waals surface area (Å²) in [4.78, 5) is 12.0. The van der Waals surface area contributed by atoms with Gasteiger partial charge in [0, 0.05) is 25.1 Å². The van der Waals surface area contributed by atoms with Gasteiger partial charge in [0.1, 0.15) is 5.82 Å². The van der Waals surface area contributed by atoms with Crippen molar-refractivity contribution in [3.05, 3.63) is 70.0 Å². The molecule has 1 amide bonds. The SMILES string of the molecule is CCCCCCNC(=O)CCCCSc1nnc(Cc2ccccc2)n1-c1ccc(Cl)c(Cl)c1. The molecule has 2 aromatic carbocycles. The second-order valence-electron chi connectivity index (χ2n) is 8.21. The Balaban J connectivity index is 1.57. The lowest BCUT2D eigenvalue weighted by molar-refractivity contribution is -0.121. The summed E-state index contributed by atoms with van der Waals surface area (Å²) >= 11 is 14.1. The molecule has 0 aliphatic carbocycles. The minimum absolute atomic E-state index is 0.144. The van der Waals surface area contributed by atoms with Crippen LogP contribution in [0.4, 0.5) is 0 Å². The Morgan fingerprint density at radius 3 is 2.56 bits per heavy atom. The monoisotopic (exact) mass is 518 g/mol. The number of nitrogens with zero attached hydrogens (tertiary/aromatic N) is 3. The first-order valence-electron chi connectivity index (χ1n) is 11.9. The van der Waals surface area contributed by atoms with Crippen molar-refractivity contribution in [2.24, 2.45) is 0 Å². The number of aromatic nitrogens is 3. The van der Waals surface area contributed by atoms with Crippen LogP contribution in [0, 0.1) is 0 Å². The highest BCUT2D eigenvalue weighted by Gasteiger charge is 2.16. The molecule has 0 bridgehead atoms. The molecule has 3 aromatic rings. The highest BCUT2D eigenvalue weighted by Crippen LogP contribution is 2.29. The van der Waals surface area contributed by atoms with Gasteiger partial charge in [-0.05, 0) is 43.0 Å². The fourth-order valence-corrected chi connectivity index (χ4v) is 4.85. The van der Waals surface area contributed by atoms with Gasteiger partial charge in [0.25, 0.3) is 0 Å². The minimum atomic E-state index is 0.144. The highest BCUT2D eigenvalue weighted by molar-refractivity contribution is 7.99. The second-order valence-corrected chi connectivity index (χ2v) is 10.1. The first kappa shape index (κ1) is 26.6. The number of benzene rings is 2. The summed E-state index contributed by atoms with van der Waals surface area (Å²) in [5, 5.41) is 13.8. The topological polar surface area (TPSA) is 59.8 Å². The van der Waals surface area contributed by atoms with Crippen LogP contribution in [0.15, 0.2) is 53.7 Å². The summed E-state index contributed by atoms with van der Waals surface area (Å²) in [5.74, 6) is 1.84. The van der Waals surface area contributed by atoms with Crippen molar-refractivity contribution >= 4 is 40.9 Å². The van der Waals surface area contributed by atoms with E-state index in [-0.39, 0.29) is 5.91 Å². The molecular weight excluding hydrogens is 487 g/mol. The number of hydrogen-bond donors (Lipinski definition) is 1. The fourth-order valence-electron chi connectivity index (χ4n) is 3.59. The van der Waals surface area contributed by atoms with Gasteiger partial charge in [-0.3, -0.25) is 9.36 Å². The maximum Gasteiger partial charge on any atom is 0.219 e. The summed E-state index contributed by atoms with van der Waals surface area (Å²) in [6.07, 6.45) is 7.68. The van der Waals surface area contributed by atoms with Crippen LogP contribution in [-0.2, 0) is 11.2 Å². The van der Waals surface area contributed by atoms with E-state index in [2.05, 4.69) is 34.6 Å². The minimum Gasteiger partial charge on any atom is -0.356 e. The van der Waals surface area contributed by atoms with E-state index in [1.165, 1.54) is 19.3 Å². The molecule has 8 heteroatoms. The van der Waals surface area contributed by atoms with Crippen molar-refractivity contribution < 1.29 is 4.79 Å². The molecule has 0 radical (unpaired) electrons. The van der Waals surface area contributed by atoms with Crippen molar-refractivity contribution in [2.45, 2.75) is 63.4 Å². The number of halogens is 2. The molecule has 0 saturated heterocycles. The van der Waals surface area contributed by atoms with Crippen molar-refractivity contribution in [3.63, 3.8) is 0 Å². The van der Waals surface area contributed by atoms with Gasteiger partial charge in [0.15, 0.2) is 5.16 Å². The number of hydrogen-bond acceptors (Lipinski definition) is 4. The van der Waals surface area contributed by atoms with E-state index in [9.17, 15) is 4.79 Å². The van der Waals surface area contributed by atoms with Crippen molar-refractivity contribution in [1.82, 2.24) is 20.1 Å². The van der Waals surface area contributed by atoms with E-state index in [0.717, 1.165) is 53.8 Å². The number of carbonyl (C=O) groups is 1. The molecule has 182 valence electrons. The molecule has 1 aromatic heterocycles. The van der Waals surface area contributed by atoms with E-state index in [0.29, 0.717) is 22.9 Å². The van der Waals surface area contributed by atoms with Gasteiger partial charge in [0.05, 0.1) is 15.7 Å². The van der Waals surface area contributed by atoms with Gasteiger partial charge in [0.2, 0.25) is 5.91 Å². The number of nitrogens with one attached hydrogen (secondary N) is 1. The Bertz CT molecular complexity index is 1040. The van der Waals surface area contributed by atoms with Crippen molar-refractivity contribution in [1.29, 1.82) is 0 Å². The molecule has 0 saturated carbocycles. The van der Waals surface area contributed by atoms with Crippen LogP contribution in [0.5, 0.6) is 0 Å². The van der Waals surface area contributed by atoms with E-state index >= 15 is 0 Å². The van der Waals surface area contributed by atoms with E-state index in [1.807, 2.05) is 34.9 Å². The fraction of sp³-hybridized carbons (Fsp3) is 0.423.